The van der Waals surface area contributed by atoms with E-state index >= 15 is 0 Å². The van der Waals surface area contributed by atoms with Crippen molar-refractivity contribution in [3.05, 3.63) is 23.8 Å². The molecule has 2 aliphatic heterocycles. The molecule has 2 bridgehead atoms. The number of nitrogens with one attached hydrogen (secondary N) is 1. The predicted octanol–water partition coefficient (Wildman–Crippen LogP) is 2.81. The maximum Gasteiger partial charge on any atom is 0.127 e. The van der Waals surface area contributed by atoms with E-state index in [9.17, 15) is 0 Å². The molecule has 2 saturated heterocycles. The normalized spacial score (nSPS) is 28.4. The summed E-state index contributed by atoms with van der Waals surface area (Å²) in [6, 6.07) is 8.22. The number of hydrogen-bond acceptors (Lipinski definition) is 4. The average molecular weight is 304 g/mol. The summed E-state index contributed by atoms with van der Waals surface area (Å²) in [6.07, 6.45) is 6.66. The number of ether oxygens (including phenoxy) is 2. The van der Waals surface area contributed by atoms with Crippen LogP contribution in [0.5, 0.6) is 11.5 Å². The van der Waals surface area contributed by atoms with Crippen LogP contribution in [0.15, 0.2) is 18.2 Å². The van der Waals surface area contributed by atoms with Gasteiger partial charge < -0.3 is 19.7 Å². The molecule has 4 heteroatoms. The SMILES string of the molecule is COc1ccc(CN[C@H]2C[C@H]3CCC[C@@H](C2)N3C)c(OC)c1. The summed E-state index contributed by atoms with van der Waals surface area (Å²) in [7, 11) is 5.71. The molecular weight excluding hydrogens is 276 g/mol. The molecular formula is C18H28N2O2. The topological polar surface area (TPSA) is 33.7 Å². The van der Waals surface area contributed by atoms with Crippen LogP contribution in [0.2, 0.25) is 0 Å². The van der Waals surface area contributed by atoms with Crippen LogP contribution in [-0.2, 0) is 6.54 Å². The van der Waals surface area contributed by atoms with Gasteiger partial charge >= 0.3 is 0 Å². The van der Waals surface area contributed by atoms with Crippen LogP contribution in [0.25, 0.3) is 0 Å². The second kappa shape index (κ2) is 6.88. The summed E-state index contributed by atoms with van der Waals surface area (Å²) in [5.41, 5.74) is 1.20. The Bertz CT molecular complexity index is 492. The summed E-state index contributed by atoms with van der Waals surface area (Å²) in [6.45, 7) is 0.862. The van der Waals surface area contributed by atoms with Gasteiger partial charge in [0.1, 0.15) is 11.5 Å². The molecule has 2 fully saturated rings. The molecule has 1 aromatic carbocycles. The first kappa shape index (κ1) is 15.6. The average Bonchev–Trinajstić information content (AvgIpc) is 2.53. The minimum atomic E-state index is 0.623. The third kappa shape index (κ3) is 3.23. The van der Waals surface area contributed by atoms with Crippen LogP contribution >= 0.6 is 0 Å². The van der Waals surface area contributed by atoms with E-state index in [-0.39, 0.29) is 0 Å². The lowest BCUT2D eigenvalue weighted by Crippen LogP contribution is -2.54. The van der Waals surface area contributed by atoms with E-state index in [1.807, 2.05) is 12.1 Å². The first-order valence-electron chi connectivity index (χ1n) is 8.37. The summed E-state index contributed by atoms with van der Waals surface area (Å²) in [4.78, 5) is 2.61. The highest BCUT2D eigenvalue weighted by molar-refractivity contribution is 5.40. The third-order valence-corrected chi connectivity index (χ3v) is 5.42. The molecule has 122 valence electrons. The lowest BCUT2D eigenvalue weighted by molar-refractivity contribution is 0.0482. The number of methoxy groups -OCH3 is 2. The molecule has 0 radical (unpaired) electrons. The Hall–Kier alpha value is -1.26. The van der Waals surface area contributed by atoms with Gasteiger partial charge in [-0.05, 0) is 38.8 Å². The molecule has 0 aromatic heterocycles. The molecule has 4 nitrogen and oxygen atoms in total. The fraction of sp³-hybridized carbons (Fsp3) is 0.667. The lowest BCUT2D eigenvalue weighted by Gasteiger charge is -2.47. The summed E-state index contributed by atoms with van der Waals surface area (Å²) < 4.78 is 10.8. The highest BCUT2D eigenvalue weighted by Gasteiger charge is 2.35. The maximum absolute atomic E-state index is 5.49. The predicted molar refractivity (Wildman–Crippen MR) is 88.6 cm³/mol. The molecule has 3 rings (SSSR count). The van der Waals surface area contributed by atoms with Gasteiger partial charge in [-0.1, -0.05) is 12.5 Å². The molecule has 0 unspecified atom stereocenters. The Morgan fingerprint density at radius 3 is 2.50 bits per heavy atom. The van der Waals surface area contributed by atoms with Crippen LogP contribution in [0.3, 0.4) is 0 Å². The first-order valence-corrected chi connectivity index (χ1v) is 8.37. The van der Waals surface area contributed by atoms with E-state index in [0.29, 0.717) is 6.04 Å². The lowest BCUT2D eigenvalue weighted by atomic mass is 9.82. The largest absolute Gasteiger partial charge is 0.497 e. The van der Waals surface area contributed by atoms with Crippen molar-refractivity contribution in [1.82, 2.24) is 10.2 Å². The standard InChI is InChI=1S/C18H28N2O2/c1-20-15-5-4-6-16(20)10-14(9-15)19-12-13-7-8-17(21-2)11-18(13)22-3/h7-8,11,14-16,19H,4-6,9-10,12H2,1-3H3/t14-,15+,16-. The zero-order chi connectivity index (χ0) is 15.5. The third-order valence-electron chi connectivity index (χ3n) is 5.42. The maximum atomic E-state index is 5.49. The van der Waals surface area contributed by atoms with Crippen molar-refractivity contribution in [2.45, 2.75) is 56.8 Å². The Kier molecular flexibility index (Phi) is 4.89. The molecule has 1 aromatic rings. The second-order valence-electron chi connectivity index (χ2n) is 6.63. The van der Waals surface area contributed by atoms with Gasteiger partial charge in [-0.25, -0.2) is 0 Å². The van der Waals surface area contributed by atoms with E-state index in [1.165, 1.54) is 37.7 Å². The molecule has 3 atom stereocenters. The second-order valence-corrected chi connectivity index (χ2v) is 6.63. The van der Waals surface area contributed by atoms with Crippen LogP contribution in [0.4, 0.5) is 0 Å². The van der Waals surface area contributed by atoms with Crippen LogP contribution in [-0.4, -0.2) is 44.3 Å². The number of piperidine rings is 2. The molecule has 0 amide bonds. The van der Waals surface area contributed by atoms with Crippen molar-refractivity contribution in [3.8, 4) is 11.5 Å². The smallest absolute Gasteiger partial charge is 0.127 e. The number of fused-ring (bicyclic) bond motifs is 2. The van der Waals surface area contributed by atoms with Crippen molar-refractivity contribution in [2.75, 3.05) is 21.3 Å². The van der Waals surface area contributed by atoms with Crippen molar-refractivity contribution < 1.29 is 9.47 Å². The molecule has 0 aliphatic carbocycles. The summed E-state index contributed by atoms with van der Waals surface area (Å²) in [5, 5.41) is 3.75. The van der Waals surface area contributed by atoms with Gasteiger partial charge in [0.05, 0.1) is 14.2 Å². The van der Waals surface area contributed by atoms with E-state index in [2.05, 4.69) is 23.3 Å². The highest BCUT2D eigenvalue weighted by Crippen LogP contribution is 2.33. The minimum Gasteiger partial charge on any atom is -0.497 e. The van der Waals surface area contributed by atoms with E-state index < -0.39 is 0 Å². The van der Waals surface area contributed by atoms with Crippen molar-refractivity contribution in [1.29, 1.82) is 0 Å². The Morgan fingerprint density at radius 1 is 1.14 bits per heavy atom. The Morgan fingerprint density at radius 2 is 1.86 bits per heavy atom. The van der Waals surface area contributed by atoms with Crippen molar-refractivity contribution in [3.63, 3.8) is 0 Å². The zero-order valence-corrected chi connectivity index (χ0v) is 14.0. The molecule has 1 N–H and O–H groups in total. The number of hydrogen-bond donors (Lipinski definition) is 1. The fourth-order valence-electron chi connectivity index (χ4n) is 4.03. The highest BCUT2D eigenvalue weighted by atomic mass is 16.5. The van der Waals surface area contributed by atoms with Crippen LogP contribution in [0, 0.1) is 0 Å². The monoisotopic (exact) mass is 304 g/mol. The van der Waals surface area contributed by atoms with Gasteiger partial charge in [0.15, 0.2) is 0 Å². The minimum absolute atomic E-state index is 0.623. The van der Waals surface area contributed by atoms with E-state index in [1.54, 1.807) is 14.2 Å². The number of nitrogens with zero attached hydrogens (tertiary/aromatic N) is 1. The van der Waals surface area contributed by atoms with Gasteiger partial charge in [-0.3, -0.25) is 0 Å². The zero-order valence-electron chi connectivity index (χ0n) is 14.0. The van der Waals surface area contributed by atoms with Crippen molar-refractivity contribution >= 4 is 0 Å². The first-order chi connectivity index (χ1) is 10.7. The van der Waals surface area contributed by atoms with Crippen LogP contribution in [0.1, 0.15) is 37.7 Å². The van der Waals surface area contributed by atoms with Gasteiger partial charge in [0.2, 0.25) is 0 Å². The van der Waals surface area contributed by atoms with Crippen LogP contribution < -0.4 is 14.8 Å². The molecule has 0 spiro atoms. The van der Waals surface area contributed by atoms with Gasteiger partial charge in [0.25, 0.3) is 0 Å². The Labute approximate surface area is 133 Å². The number of rotatable bonds is 5. The van der Waals surface area contributed by atoms with E-state index in [4.69, 9.17) is 9.47 Å². The molecule has 22 heavy (non-hydrogen) atoms. The summed E-state index contributed by atoms with van der Waals surface area (Å²) >= 11 is 0. The molecule has 2 aliphatic rings. The van der Waals surface area contributed by atoms with E-state index in [0.717, 1.165) is 30.1 Å². The van der Waals surface area contributed by atoms with Gasteiger partial charge in [-0.15, -0.1) is 0 Å². The Balaban J connectivity index is 1.61. The molecule has 0 saturated carbocycles. The molecule has 2 heterocycles. The fourth-order valence-corrected chi connectivity index (χ4v) is 4.03. The quantitative estimate of drug-likeness (QED) is 0.907. The summed E-state index contributed by atoms with van der Waals surface area (Å²) in [5.74, 6) is 1.74. The number of benzene rings is 1. The van der Waals surface area contributed by atoms with Gasteiger partial charge in [-0.2, -0.15) is 0 Å². The van der Waals surface area contributed by atoms with Crippen molar-refractivity contribution in [2.24, 2.45) is 0 Å². The van der Waals surface area contributed by atoms with Gasteiger partial charge in [0, 0.05) is 36.3 Å².